The zero-order valence-corrected chi connectivity index (χ0v) is 11.4. The van der Waals surface area contributed by atoms with Crippen LogP contribution in [0.1, 0.15) is 6.42 Å². The first kappa shape index (κ1) is 13.8. The lowest BCUT2D eigenvalue weighted by molar-refractivity contribution is 0.415. The molecule has 0 fully saturated rings. The van der Waals surface area contributed by atoms with Crippen LogP contribution >= 0.6 is 0 Å². The van der Waals surface area contributed by atoms with E-state index >= 15 is 0 Å². The van der Waals surface area contributed by atoms with Gasteiger partial charge in [-0.3, -0.25) is 0 Å². The summed E-state index contributed by atoms with van der Waals surface area (Å²) in [6.07, 6.45) is 0.422. The van der Waals surface area contributed by atoms with Crippen molar-refractivity contribution < 1.29 is 4.74 Å². The van der Waals surface area contributed by atoms with Crippen molar-refractivity contribution in [3.05, 3.63) is 48.5 Å². The fraction of sp³-hybridized carbons (Fsp3) is 0.188. The number of hydrogen-bond acceptors (Lipinski definition) is 4. The van der Waals surface area contributed by atoms with Crippen molar-refractivity contribution >= 4 is 17.1 Å². The first-order valence-corrected chi connectivity index (χ1v) is 6.39. The zero-order valence-electron chi connectivity index (χ0n) is 11.4. The number of para-hydroxylation sites is 1. The molecule has 0 bridgehead atoms. The lowest BCUT2D eigenvalue weighted by Gasteiger charge is -2.25. The predicted molar refractivity (Wildman–Crippen MR) is 81.1 cm³/mol. The summed E-state index contributed by atoms with van der Waals surface area (Å²) in [7, 11) is 1.62. The van der Waals surface area contributed by atoms with Crippen molar-refractivity contribution in [1.29, 1.82) is 5.26 Å². The van der Waals surface area contributed by atoms with Gasteiger partial charge in [0.15, 0.2) is 0 Å². The highest BCUT2D eigenvalue weighted by Crippen LogP contribution is 2.33. The summed E-state index contributed by atoms with van der Waals surface area (Å²) in [6, 6.07) is 17.6. The molecular weight excluding hydrogens is 250 g/mol. The van der Waals surface area contributed by atoms with Crippen molar-refractivity contribution in [2.45, 2.75) is 6.42 Å². The average Bonchev–Trinajstić information content (AvgIpc) is 2.50. The van der Waals surface area contributed by atoms with E-state index in [2.05, 4.69) is 6.07 Å². The van der Waals surface area contributed by atoms with Crippen LogP contribution in [0.15, 0.2) is 48.5 Å². The maximum atomic E-state index is 8.85. The summed E-state index contributed by atoms with van der Waals surface area (Å²) < 4.78 is 5.25. The van der Waals surface area contributed by atoms with E-state index in [1.54, 1.807) is 7.11 Å². The molecule has 0 aliphatic heterocycles. The third-order valence-corrected chi connectivity index (χ3v) is 3.04. The molecular formula is C16H17N3O. The van der Waals surface area contributed by atoms with Gasteiger partial charge in [0, 0.05) is 18.3 Å². The van der Waals surface area contributed by atoms with E-state index in [1.165, 1.54) is 0 Å². The summed E-state index contributed by atoms with van der Waals surface area (Å²) in [5, 5.41) is 8.85. The Morgan fingerprint density at radius 3 is 2.60 bits per heavy atom. The van der Waals surface area contributed by atoms with E-state index in [4.69, 9.17) is 15.7 Å². The Balaban J connectivity index is 2.44. The molecule has 2 N–H and O–H groups in total. The molecule has 4 nitrogen and oxygen atoms in total. The minimum atomic E-state index is 0.422. The number of benzene rings is 2. The Hall–Kier alpha value is -2.67. The van der Waals surface area contributed by atoms with Crippen molar-refractivity contribution in [2.24, 2.45) is 0 Å². The molecule has 2 aromatic rings. The standard InChI is InChI=1S/C16H17N3O/c1-20-14-8-9-15(18)16(12-14)19(11-5-10-17)13-6-3-2-4-7-13/h2-4,6-9,12H,5,11,18H2,1H3. The molecule has 0 heterocycles. The number of nitrogens with two attached hydrogens (primary N) is 1. The quantitative estimate of drug-likeness (QED) is 0.844. The molecule has 102 valence electrons. The van der Waals surface area contributed by atoms with Crippen LogP contribution in [-0.4, -0.2) is 13.7 Å². The molecule has 2 rings (SSSR count). The highest BCUT2D eigenvalue weighted by molar-refractivity contribution is 5.76. The second kappa shape index (κ2) is 6.48. The van der Waals surface area contributed by atoms with Gasteiger partial charge in [-0.05, 0) is 24.3 Å². The topological polar surface area (TPSA) is 62.3 Å². The van der Waals surface area contributed by atoms with Crippen LogP contribution in [0.25, 0.3) is 0 Å². The van der Waals surface area contributed by atoms with Crippen molar-refractivity contribution in [3.8, 4) is 11.8 Å². The fourth-order valence-electron chi connectivity index (χ4n) is 2.04. The smallest absolute Gasteiger partial charge is 0.121 e. The van der Waals surface area contributed by atoms with Crippen LogP contribution in [0.3, 0.4) is 0 Å². The van der Waals surface area contributed by atoms with E-state index in [1.807, 2.05) is 53.4 Å². The van der Waals surface area contributed by atoms with E-state index < -0.39 is 0 Å². The lowest BCUT2D eigenvalue weighted by atomic mass is 10.2. The minimum Gasteiger partial charge on any atom is -0.497 e. The number of nitriles is 1. The molecule has 4 heteroatoms. The third-order valence-electron chi connectivity index (χ3n) is 3.04. The first-order chi connectivity index (χ1) is 9.76. The summed E-state index contributed by atoms with van der Waals surface area (Å²) in [4.78, 5) is 2.03. The van der Waals surface area contributed by atoms with Gasteiger partial charge in [-0.15, -0.1) is 0 Å². The van der Waals surface area contributed by atoms with Crippen LogP contribution in [-0.2, 0) is 0 Å². The predicted octanol–water partition coefficient (Wildman–Crippen LogP) is 3.33. The Morgan fingerprint density at radius 2 is 1.95 bits per heavy atom. The number of nitrogen functional groups attached to an aromatic ring is 1. The van der Waals surface area contributed by atoms with Gasteiger partial charge >= 0.3 is 0 Å². The molecule has 0 aromatic heterocycles. The molecule has 0 radical (unpaired) electrons. The number of methoxy groups -OCH3 is 1. The van der Waals surface area contributed by atoms with Crippen LogP contribution < -0.4 is 15.4 Å². The van der Waals surface area contributed by atoms with Crippen LogP contribution in [0.5, 0.6) is 5.75 Å². The van der Waals surface area contributed by atoms with Crippen LogP contribution in [0.4, 0.5) is 17.1 Å². The Labute approximate surface area is 119 Å². The van der Waals surface area contributed by atoms with Gasteiger partial charge in [0.25, 0.3) is 0 Å². The van der Waals surface area contributed by atoms with Crippen molar-refractivity contribution in [3.63, 3.8) is 0 Å². The average molecular weight is 267 g/mol. The van der Waals surface area contributed by atoms with Gasteiger partial charge in [-0.2, -0.15) is 5.26 Å². The molecule has 0 unspecified atom stereocenters. The summed E-state index contributed by atoms with van der Waals surface area (Å²) in [5.74, 6) is 0.743. The first-order valence-electron chi connectivity index (χ1n) is 6.39. The Kier molecular flexibility index (Phi) is 4.46. The monoisotopic (exact) mass is 267 g/mol. The number of hydrogen-bond donors (Lipinski definition) is 1. The molecule has 0 aliphatic rings. The maximum Gasteiger partial charge on any atom is 0.121 e. The fourth-order valence-corrected chi connectivity index (χ4v) is 2.04. The molecule has 2 aromatic carbocycles. The molecule has 0 spiro atoms. The van der Waals surface area contributed by atoms with Gasteiger partial charge in [0.1, 0.15) is 5.75 Å². The van der Waals surface area contributed by atoms with Crippen molar-refractivity contribution in [1.82, 2.24) is 0 Å². The summed E-state index contributed by atoms with van der Waals surface area (Å²) in [6.45, 7) is 0.581. The molecule has 0 aliphatic carbocycles. The van der Waals surface area contributed by atoms with E-state index in [-0.39, 0.29) is 0 Å². The van der Waals surface area contributed by atoms with E-state index in [0.717, 1.165) is 17.1 Å². The van der Waals surface area contributed by atoms with Gasteiger partial charge in [0.05, 0.1) is 31.0 Å². The maximum absolute atomic E-state index is 8.85. The summed E-state index contributed by atoms with van der Waals surface area (Å²) >= 11 is 0. The second-order valence-corrected chi connectivity index (χ2v) is 4.32. The number of nitrogens with zero attached hydrogens (tertiary/aromatic N) is 2. The van der Waals surface area contributed by atoms with Crippen LogP contribution in [0.2, 0.25) is 0 Å². The summed E-state index contributed by atoms with van der Waals surface area (Å²) in [5.41, 5.74) is 8.59. The number of anilines is 3. The van der Waals surface area contributed by atoms with E-state index in [9.17, 15) is 0 Å². The molecule has 0 saturated heterocycles. The number of ether oxygens (including phenoxy) is 1. The van der Waals surface area contributed by atoms with E-state index in [0.29, 0.717) is 18.7 Å². The minimum absolute atomic E-state index is 0.422. The van der Waals surface area contributed by atoms with Gasteiger partial charge in [-0.25, -0.2) is 0 Å². The third kappa shape index (κ3) is 3.01. The Bertz CT molecular complexity index is 605. The highest BCUT2D eigenvalue weighted by Gasteiger charge is 2.12. The van der Waals surface area contributed by atoms with Gasteiger partial charge in [0.2, 0.25) is 0 Å². The highest BCUT2D eigenvalue weighted by atomic mass is 16.5. The largest absolute Gasteiger partial charge is 0.497 e. The number of rotatable bonds is 5. The van der Waals surface area contributed by atoms with Crippen LogP contribution in [0, 0.1) is 11.3 Å². The Morgan fingerprint density at radius 1 is 1.20 bits per heavy atom. The zero-order chi connectivity index (χ0) is 14.4. The molecule has 0 amide bonds. The molecule has 20 heavy (non-hydrogen) atoms. The molecule has 0 saturated carbocycles. The second-order valence-electron chi connectivity index (χ2n) is 4.32. The van der Waals surface area contributed by atoms with Gasteiger partial charge < -0.3 is 15.4 Å². The molecule has 0 atom stereocenters. The van der Waals surface area contributed by atoms with Gasteiger partial charge in [-0.1, -0.05) is 18.2 Å². The normalized spacial score (nSPS) is 9.80. The van der Waals surface area contributed by atoms with Crippen molar-refractivity contribution in [2.75, 3.05) is 24.3 Å². The lowest BCUT2D eigenvalue weighted by Crippen LogP contribution is -2.19. The SMILES string of the molecule is COc1ccc(N)c(N(CCC#N)c2ccccc2)c1.